The number of halogens is 1. The number of ether oxygens (including phenoxy) is 1. The highest BCUT2D eigenvalue weighted by atomic mass is 32.1. The summed E-state index contributed by atoms with van der Waals surface area (Å²) in [7, 11) is 1.33. The summed E-state index contributed by atoms with van der Waals surface area (Å²) in [6, 6.07) is 5.57. The van der Waals surface area contributed by atoms with Gasteiger partial charge in [0.1, 0.15) is 16.9 Å². The van der Waals surface area contributed by atoms with Crippen LogP contribution in [0, 0.1) is 5.82 Å². The van der Waals surface area contributed by atoms with Gasteiger partial charge in [-0.15, -0.1) is 11.3 Å². The zero-order chi connectivity index (χ0) is 17.8. The van der Waals surface area contributed by atoms with Gasteiger partial charge in [-0.1, -0.05) is 18.2 Å². The molecular weight excluding hydrogens is 359 g/mol. The molecule has 2 aromatic rings. The lowest BCUT2D eigenvalue weighted by Crippen LogP contribution is -2.42. The Morgan fingerprint density at radius 1 is 1.52 bits per heavy atom. The average Bonchev–Trinajstić information content (AvgIpc) is 3.12. The largest absolute Gasteiger partial charge is 0.468 e. The summed E-state index contributed by atoms with van der Waals surface area (Å²) in [5.41, 5.74) is 1.40. The van der Waals surface area contributed by atoms with Crippen molar-refractivity contribution in [2.24, 2.45) is 0 Å². The highest BCUT2D eigenvalue weighted by Gasteiger charge is 2.34. The van der Waals surface area contributed by atoms with Gasteiger partial charge < -0.3 is 4.74 Å². The maximum atomic E-state index is 14.3. The number of hydrogen-bond acceptors (Lipinski definition) is 6. The number of thiol groups is 1. The van der Waals surface area contributed by atoms with Crippen LogP contribution >= 0.6 is 24.0 Å². The van der Waals surface area contributed by atoms with E-state index in [-0.39, 0.29) is 5.25 Å². The molecule has 2 atom stereocenters. The fourth-order valence-electron chi connectivity index (χ4n) is 3.00. The molecule has 0 N–H and O–H groups in total. The molecule has 2 heterocycles. The molecule has 1 aliphatic rings. The van der Waals surface area contributed by atoms with Gasteiger partial charge in [0.15, 0.2) is 0 Å². The van der Waals surface area contributed by atoms with Crippen LogP contribution in [0.2, 0.25) is 0 Å². The Kier molecular flexibility index (Phi) is 5.88. The summed E-state index contributed by atoms with van der Waals surface area (Å²) in [6.07, 6.45) is 4.52. The Labute approximate surface area is 155 Å². The van der Waals surface area contributed by atoms with Crippen LogP contribution in [0.1, 0.15) is 23.0 Å². The summed E-state index contributed by atoms with van der Waals surface area (Å²) < 4.78 is 19.2. The van der Waals surface area contributed by atoms with E-state index in [1.165, 1.54) is 13.2 Å². The number of nitrogens with zero attached hydrogens (tertiary/aromatic N) is 2. The number of methoxy groups -OCH3 is 1. The third kappa shape index (κ3) is 4.11. The van der Waals surface area contributed by atoms with E-state index in [0.29, 0.717) is 18.7 Å². The highest BCUT2D eigenvalue weighted by Crippen LogP contribution is 2.32. The van der Waals surface area contributed by atoms with E-state index >= 15 is 0 Å². The molecule has 7 heteroatoms. The minimum absolute atomic E-state index is 0.0964. The number of aromatic nitrogens is 1. The number of carbonyl (C=O) groups excluding carboxylic acids is 1. The Bertz CT molecular complexity index is 764. The number of carbonyl (C=O) groups is 1. The second kappa shape index (κ2) is 8.12. The fraction of sp³-hybridized carbons (Fsp3) is 0.333. The van der Waals surface area contributed by atoms with E-state index < -0.39 is 17.8 Å². The van der Waals surface area contributed by atoms with Gasteiger partial charge in [-0.3, -0.25) is 4.90 Å². The Balaban J connectivity index is 1.91. The van der Waals surface area contributed by atoms with Crippen molar-refractivity contribution >= 4 is 36.0 Å². The Hall–Kier alpha value is -1.70. The molecule has 0 aliphatic carbocycles. The van der Waals surface area contributed by atoms with E-state index in [1.54, 1.807) is 35.7 Å². The third-order valence-electron chi connectivity index (χ3n) is 4.25. The first-order chi connectivity index (χ1) is 12.1. The molecule has 4 nitrogen and oxygen atoms in total. The van der Waals surface area contributed by atoms with Crippen molar-refractivity contribution in [1.29, 1.82) is 0 Å². The molecule has 1 aromatic carbocycles. The van der Waals surface area contributed by atoms with Crippen LogP contribution in [-0.2, 0) is 9.53 Å². The summed E-state index contributed by atoms with van der Waals surface area (Å²) in [4.78, 5) is 18.6. The van der Waals surface area contributed by atoms with Gasteiger partial charge in [-0.2, -0.15) is 12.6 Å². The number of thiazole rings is 1. The second-order valence-electron chi connectivity index (χ2n) is 5.81. The smallest absolute Gasteiger partial charge is 0.327 e. The van der Waals surface area contributed by atoms with E-state index in [1.807, 2.05) is 16.4 Å². The van der Waals surface area contributed by atoms with Crippen molar-refractivity contribution in [1.82, 2.24) is 9.88 Å². The number of likely N-dealkylation sites (tertiary alicyclic amines) is 1. The minimum atomic E-state index is -0.772. The molecule has 3 rings (SSSR count). The molecule has 0 spiro atoms. The molecule has 0 amide bonds. The summed E-state index contributed by atoms with van der Waals surface area (Å²) >= 11 is 6.20. The van der Waals surface area contributed by atoms with Gasteiger partial charge in [0.25, 0.3) is 0 Å². The third-order valence-corrected chi connectivity index (χ3v) is 5.57. The summed E-state index contributed by atoms with van der Waals surface area (Å²) in [5, 5.41) is 2.91. The van der Waals surface area contributed by atoms with E-state index in [0.717, 1.165) is 17.0 Å². The molecule has 2 unspecified atom stereocenters. The number of esters is 1. The molecule has 1 aliphatic heterocycles. The first kappa shape index (κ1) is 18.1. The van der Waals surface area contributed by atoms with Crippen LogP contribution in [-0.4, -0.2) is 41.3 Å². The van der Waals surface area contributed by atoms with Crippen LogP contribution in [0.25, 0.3) is 6.08 Å². The number of benzene rings is 1. The zero-order valence-electron chi connectivity index (χ0n) is 13.8. The van der Waals surface area contributed by atoms with Gasteiger partial charge in [0.2, 0.25) is 0 Å². The van der Waals surface area contributed by atoms with Gasteiger partial charge >= 0.3 is 5.97 Å². The molecule has 0 bridgehead atoms. The van der Waals surface area contributed by atoms with Crippen molar-refractivity contribution in [2.75, 3.05) is 20.2 Å². The first-order valence-electron chi connectivity index (χ1n) is 7.94. The molecule has 1 fully saturated rings. The van der Waals surface area contributed by atoms with Crippen LogP contribution in [0.4, 0.5) is 4.39 Å². The molecule has 0 radical (unpaired) electrons. The van der Waals surface area contributed by atoms with Crippen LogP contribution in [0.3, 0.4) is 0 Å². The summed E-state index contributed by atoms with van der Waals surface area (Å²) in [6.45, 7) is 1.15. The van der Waals surface area contributed by atoms with Gasteiger partial charge in [-0.05, 0) is 24.1 Å². The molecule has 132 valence electrons. The second-order valence-corrected chi connectivity index (χ2v) is 7.36. The number of hydrogen-bond donors (Lipinski definition) is 1. The number of piperidine rings is 1. The maximum Gasteiger partial charge on any atom is 0.327 e. The number of rotatable bonds is 4. The lowest BCUT2D eigenvalue weighted by Gasteiger charge is -2.36. The molecule has 0 saturated carbocycles. The van der Waals surface area contributed by atoms with Gasteiger partial charge in [-0.25, -0.2) is 14.2 Å². The van der Waals surface area contributed by atoms with E-state index in [4.69, 9.17) is 4.74 Å². The minimum Gasteiger partial charge on any atom is -0.468 e. The van der Waals surface area contributed by atoms with Crippen molar-refractivity contribution in [2.45, 2.75) is 17.7 Å². The van der Waals surface area contributed by atoms with Crippen LogP contribution in [0.15, 0.2) is 41.4 Å². The zero-order valence-corrected chi connectivity index (χ0v) is 15.5. The van der Waals surface area contributed by atoms with Crippen molar-refractivity contribution in [3.05, 3.63) is 57.8 Å². The predicted molar refractivity (Wildman–Crippen MR) is 100 cm³/mol. The first-order valence-corrected chi connectivity index (χ1v) is 9.34. The van der Waals surface area contributed by atoms with Gasteiger partial charge in [0, 0.05) is 35.5 Å². The van der Waals surface area contributed by atoms with E-state index in [2.05, 4.69) is 17.6 Å². The summed E-state index contributed by atoms with van der Waals surface area (Å²) in [5.74, 6) is -0.868. The van der Waals surface area contributed by atoms with Gasteiger partial charge in [0.05, 0.1) is 7.11 Å². The van der Waals surface area contributed by atoms with Crippen molar-refractivity contribution < 1.29 is 13.9 Å². The molecular formula is C18H19FN2O2S2. The van der Waals surface area contributed by atoms with Crippen molar-refractivity contribution in [3.63, 3.8) is 0 Å². The Morgan fingerprint density at radius 2 is 2.32 bits per heavy atom. The monoisotopic (exact) mass is 378 g/mol. The lowest BCUT2D eigenvalue weighted by molar-refractivity contribution is -0.147. The highest BCUT2D eigenvalue weighted by molar-refractivity contribution is 7.81. The van der Waals surface area contributed by atoms with E-state index in [9.17, 15) is 9.18 Å². The lowest BCUT2D eigenvalue weighted by atomic mass is 9.98. The normalized spacial score (nSPS) is 21.2. The molecule has 1 aromatic heterocycles. The predicted octanol–water partition coefficient (Wildman–Crippen LogP) is 3.58. The standard InChI is InChI=1S/C18H19FN2O2S2/c1-23-18(22)17(13-4-2-3-5-14(13)19)21-8-6-15(24)12(11-21)10-16-20-7-9-25-16/h2-5,7,9-10,15,17,24H,6,8,11H2,1H3/b12-10+. The fourth-order valence-corrected chi connectivity index (χ4v) is 3.87. The molecule has 1 saturated heterocycles. The quantitative estimate of drug-likeness (QED) is 0.652. The van der Waals surface area contributed by atoms with Crippen LogP contribution < -0.4 is 0 Å². The van der Waals surface area contributed by atoms with Crippen molar-refractivity contribution in [3.8, 4) is 0 Å². The SMILES string of the molecule is COC(=O)C(c1ccccc1F)N1CCC(S)/C(=C/c2nccs2)C1. The topological polar surface area (TPSA) is 42.4 Å². The molecule has 25 heavy (non-hydrogen) atoms. The average molecular weight is 378 g/mol. The maximum absolute atomic E-state index is 14.3. The Morgan fingerprint density at radius 3 is 3.00 bits per heavy atom. The van der Waals surface area contributed by atoms with Crippen LogP contribution in [0.5, 0.6) is 0 Å².